The molecular formula is C17H12FN3O4. The van der Waals surface area contributed by atoms with Gasteiger partial charge in [-0.05, 0) is 30.3 Å². The first-order chi connectivity index (χ1) is 12.0. The summed E-state index contributed by atoms with van der Waals surface area (Å²) in [4.78, 5) is 26.9. The SMILES string of the molecule is COc1ccc(C(=O)Nc2ccc([N+](=O)[O-])c3ncccc23)c(F)c1. The van der Waals surface area contributed by atoms with E-state index in [1.807, 2.05) is 0 Å². The molecule has 0 bridgehead atoms. The Kier molecular flexibility index (Phi) is 4.25. The molecule has 0 unspecified atom stereocenters. The number of nitro benzene ring substituents is 1. The number of hydrogen-bond acceptors (Lipinski definition) is 5. The molecule has 126 valence electrons. The van der Waals surface area contributed by atoms with E-state index in [1.54, 1.807) is 12.1 Å². The number of aromatic nitrogens is 1. The lowest BCUT2D eigenvalue weighted by atomic mass is 10.1. The largest absolute Gasteiger partial charge is 0.497 e. The van der Waals surface area contributed by atoms with Crippen molar-refractivity contribution in [3.05, 3.63) is 70.2 Å². The van der Waals surface area contributed by atoms with Gasteiger partial charge in [0.05, 0.1) is 23.3 Å². The molecule has 1 aromatic heterocycles. The minimum absolute atomic E-state index is 0.139. The molecule has 1 heterocycles. The number of ether oxygens (including phenoxy) is 1. The van der Waals surface area contributed by atoms with E-state index in [9.17, 15) is 19.3 Å². The van der Waals surface area contributed by atoms with Gasteiger partial charge in [0.1, 0.15) is 17.1 Å². The topological polar surface area (TPSA) is 94.4 Å². The van der Waals surface area contributed by atoms with Crippen molar-refractivity contribution in [1.82, 2.24) is 4.98 Å². The van der Waals surface area contributed by atoms with Crippen LogP contribution in [0.1, 0.15) is 10.4 Å². The van der Waals surface area contributed by atoms with Crippen molar-refractivity contribution in [1.29, 1.82) is 0 Å². The highest BCUT2D eigenvalue weighted by molar-refractivity contribution is 6.10. The first-order valence-corrected chi connectivity index (χ1v) is 7.18. The van der Waals surface area contributed by atoms with Gasteiger partial charge in [-0.1, -0.05) is 0 Å². The maximum atomic E-state index is 14.0. The molecule has 25 heavy (non-hydrogen) atoms. The van der Waals surface area contributed by atoms with Crippen molar-refractivity contribution in [3.8, 4) is 5.75 Å². The standard InChI is InChI=1S/C17H12FN3O4/c1-25-10-4-5-11(13(18)9-10)17(22)20-14-6-7-15(21(23)24)16-12(14)3-2-8-19-16/h2-9H,1H3,(H,20,22). The maximum absolute atomic E-state index is 14.0. The minimum atomic E-state index is -0.735. The molecule has 0 spiro atoms. The average Bonchev–Trinajstić information content (AvgIpc) is 2.61. The monoisotopic (exact) mass is 341 g/mol. The second kappa shape index (κ2) is 6.52. The molecule has 0 fully saturated rings. The van der Waals surface area contributed by atoms with Crippen LogP contribution in [0.2, 0.25) is 0 Å². The summed E-state index contributed by atoms with van der Waals surface area (Å²) in [7, 11) is 1.39. The normalized spacial score (nSPS) is 10.5. The summed E-state index contributed by atoms with van der Waals surface area (Å²) in [6.07, 6.45) is 1.42. The second-order valence-electron chi connectivity index (χ2n) is 5.09. The minimum Gasteiger partial charge on any atom is -0.497 e. The predicted octanol–water partition coefficient (Wildman–Crippen LogP) is 3.54. The molecule has 0 saturated heterocycles. The molecule has 1 N–H and O–H groups in total. The molecule has 1 amide bonds. The van der Waals surface area contributed by atoms with E-state index in [0.29, 0.717) is 16.8 Å². The number of nitrogens with zero attached hydrogens (tertiary/aromatic N) is 2. The summed E-state index contributed by atoms with van der Waals surface area (Å²) in [6, 6.07) is 9.69. The number of anilines is 1. The number of nitro groups is 1. The average molecular weight is 341 g/mol. The summed E-state index contributed by atoms with van der Waals surface area (Å²) < 4.78 is 18.9. The Bertz CT molecular complexity index is 991. The number of hydrogen-bond donors (Lipinski definition) is 1. The molecule has 0 atom stereocenters. The van der Waals surface area contributed by atoms with Crippen LogP contribution in [0.3, 0.4) is 0 Å². The number of pyridine rings is 1. The van der Waals surface area contributed by atoms with Crippen molar-refractivity contribution in [2.24, 2.45) is 0 Å². The van der Waals surface area contributed by atoms with Gasteiger partial charge in [0.2, 0.25) is 0 Å². The summed E-state index contributed by atoms with van der Waals surface area (Å²) in [5, 5.41) is 14.0. The molecule has 0 aliphatic heterocycles. The molecule has 3 rings (SSSR count). The lowest BCUT2D eigenvalue weighted by molar-refractivity contribution is -0.383. The summed E-state index contributed by atoms with van der Waals surface area (Å²) in [6.45, 7) is 0. The number of fused-ring (bicyclic) bond motifs is 1. The fraction of sp³-hybridized carbons (Fsp3) is 0.0588. The van der Waals surface area contributed by atoms with Crippen LogP contribution in [0.4, 0.5) is 15.8 Å². The summed E-state index contributed by atoms with van der Waals surface area (Å²) in [5.74, 6) is -1.13. The number of methoxy groups -OCH3 is 1. The van der Waals surface area contributed by atoms with Gasteiger partial charge in [-0.25, -0.2) is 9.37 Å². The van der Waals surface area contributed by atoms with Gasteiger partial charge in [-0.15, -0.1) is 0 Å². The Hall–Kier alpha value is -3.55. The molecular weight excluding hydrogens is 329 g/mol. The molecule has 2 aromatic carbocycles. The van der Waals surface area contributed by atoms with Gasteiger partial charge in [0, 0.05) is 23.7 Å². The number of carbonyl (C=O) groups excluding carboxylic acids is 1. The van der Waals surface area contributed by atoms with Crippen LogP contribution in [0.25, 0.3) is 10.9 Å². The molecule has 8 heteroatoms. The third-order valence-corrected chi connectivity index (χ3v) is 3.61. The Morgan fingerprint density at radius 2 is 2.08 bits per heavy atom. The quantitative estimate of drug-likeness (QED) is 0.578. The smallest absolute Gasteiger partial charge is 0.295 e. The number of amides is 1. The van der Waals surface area contributed by atoms with Crippen LogP contribution in [-0.4, -0.2) is 22.9 Å². The zero-order valence-electron chi connectivity index (χ0n) is 13.0. The summed E-state index contributed by atoms with van der Waals surface area (Å²) in [5.41, 5.74) is 0.0924. The van der Waals surface area contributed by atoms with Crippen LogP contribution in [0.5, 0.6) is 5.75 Å². The predicted molar refractivity (Wildman–Crippen MR) is 89.3 cm³/mol. The number of rotatable bonds is 4. The Labute approximate surface area is 141 Å². The maximum Gasteiger partial charge on any atom is 0.295 e. The molecule has 0 radical (unpaired) electrons. The van der Waals surface area contributed by atoms with Gasteiger partial charge in [0.15, 0.2) is 0 Å². The van der Waals surface area contributed by atoms with E-state index in [4.69, 9.17) is 4.74 Å². The second-order valence-corrected chi connectivity index (χ2v) is 5.09. The lowest BCUT2D eigenvalue weighted by Gasteiger charge is -2.10. The molecule has 7 nitrogen and oxygen atoms in total. The third kappa shape index (κ3) is 3.09. The van der Waals surface area contributed by atoms with E-state index in [1.165, 1.54) is 37.6 Å². The number of non-ortho nitro benzene ring substituents is 1. The highest BCUT2D eigenvalue weighted by Gasteiger charge is 2.18. The van der Waals surface area contributed by atoms with Crippen LogP contribution in [0.15, 0.2) is 48.7 Å². The Morgan fingerprint density at radius 1 is 1.28 bits per heavy atom. The van der Waals surface area contributed by atoms with E-state index in [-0.39, 0.29) is 16.8 Å². The molecule has 0 aliphatic carbocycles. The highest BCUT2D eigenvalue weighted by Crippen LogP contribution is 2.30. The molecule has 3 aromatic rings. The van der Waals surface area contributed by atoms with Crippen molar-refractivity contribution < 1.29 is 18.8 Å². The lowest BCUT2D eigenvalue weighted by Crippen LogP contribution is -2.14. The number of benzene rings is 2. The van der Waals surface area contributed by atoms with Crippen molar-refractivity contribution >= 4 is 28.2 Å². The van der Waals surface area contributed by atoms with E-state index in [0.717, 1.165) is 6.07 Å². The van der Waals surface area contributed by atoms with Gasteiger partial charge >= 0.3 is 0 Å². The van der Waals surface area contributed by atoms with Gasteiger partial charge < -0.3 is 10.1 Å². The van der Waals surface area contributed by atoms with Gasteiger partial charge in [0.25, 0.3) is 11.6 Å². The Balaban J connectivity index is 2.00. The highest BCUT2D eigenvalue weighted by atomic mass is 19.1. The first kappa shape index (κ1) is 16.3. The van der Waals surface area contributed by atoms with Crippen LogP contribution in [-0.2, 0) is 0 Å². The van der Waals surface area contributed by atoms with Crippen molar-refractivity contribution in [2.45, 2.75) is 0 Å². The van der Waals surface area contributed by atoms with Crippen LogP contribution in [0, 0.1) is 15.9 Å². The first-order valence-electron chi connectivity index (χ1n) is 7.18. The number of halogens is 1. The molecule has 0 aliphatic rings. The van der Waals surface area contributed by atoms with E-state index >= 15 is 0 Å². The van der Waals surface area contributed by atoms with E-state index < -0.39 is 16.6 Å². The van der Waals surface area contributed by atoms with E-state index in [2.05, 4.69) is 10.3 Å². The molecule has 0 saturated carbocycles. The fourth-order valence-corrected chi connectivity index (χ4v) is 2.41. The van der Waals surface area contributed by atoms with Crippen molar-refractivity contribution in [3.63, 3.8) is 0 Å². The zero-order valence-corrected chi connectivity index (χ0v) is 13.0. The zero-order chi connectivity index (χ0) is 18.0. The van der Waals surface area contributed by atoms with Crippen LogP contribution < -0.4 is 10.1 Å². The third-order valence-electron chi connectivity index (χ3n) is 3.61. The fourth-order valence-electron chi connectivity index (χ4n) is 2.41. The number of carbonyl (C=O) groups is 1. The Morgan fingerprint density at radius 3 is 2.76 bits per heavy atom. The van der Waals surface area contributed by atoms with Gasteiger partial charge in [-0.2, -0.15) is 0 Å². The number of nitrogens with one attached hydrogen (secondary N) is 1. The van der Waals surface area contributed by atoms with Crippen LogP contribution >= 0.6 is 0 Å². The van der Waals surface area contributed by atoms with Crippen molar-refractivity contribution in [2.75, 3.05) is 12.4 Å². The summed E-state index contributed by atoms with van der Waals surface area (Å²) >= 11 is 0. The van der Waals surface area contributed by atoms with Gasteiger partial charge in [-0.3, -0.25) is 14.9 Å².